The summed E-state index contributed by atoms with van der Waals surface area (Å²) < 4.78 is 4.35. The first-order valence-corrected chi connectivity index (χ1v) is 8.26. The van der Waals surface area contributed by atoms with Crippen LogP contribution in [-0.2, 0) is 6.54 Å². The Morgan fingerprint density at radius 2 is 2.26 bits per heavy atom. The van der Waals surface area contributed by atoms with Crippen molar-refractivity contribution in [2.45, 2.75) is 33.7 Å². The predicted molar refractivity (Wildman–Crippen MR) is 85.0 cm³/mol. The highest BCUT2D eigenvalue weighted by Gasteiger charge is 2.18. The molecule has 104 valence electrons. The zero-order valence-electron chi connectivity index (χ0n) is 11.5. The second-order valence-electron chi connectivity index (χ2n) is 5.08. The van der Waals surface area contributed by atoms with Crippen molar-refractivity contribution in [2.24, 2.45) is 5.92 Å². The fourth-order valence-corrected chi connectivity index (χ4v) is 3.76. The summed E-state index contributed by atoms with van der Waals surface area (Å²) in [5.41, 5.74) is 1.91. The van der Waals surface area contributed by atoms with Crippen LogP contribution in [-0.4, -0.2) is 17.0 Å². The monoisotopic (exact) mass is 342 g/mol. The molecule has 0 fully saturated rings. The molecule has 0 saturated carbocycles. The number of aryl methyl sites for hydroxylation is 1. The Bertz CT molecular complexity index is 586. The van der Waals surface area contributed by atoms with Crippen molar-refractivity contribution in [1.82, 2.24) is 9.88 Å². The van der Waals surface area contributed by atoms with Crippen molar-refractivity contribution in [3.05, 3.63) is 21.6 Å². The van der Waals surface area contributed by atoms with E-state index in [4.69, 9.17) is 0 Å². The molecule has 0 aliphatic rings. The summed E-state index contributed by atoms with van der Waals surface area (Å²) in [6, 6.07) is 2.00. The van der Waals surface area contributed by atoms with Crippen LogP contribution in [0.15, 0.2) is 15.9 Å². The van der Waals surface area contributed by atoms with E-state index >= 15 is 0 Å². The molecular weight excluding hydrogens is 324 g/mol. The summed E-state index contributed by atoms with van der Waals surface area (Å²) in [6.07, 6.45) is 1.01. The standard InChI is InChI=1S/C14H19BrN2OS/c1-4-5-17-11(14(18)16-7-9(2)3)6-12-13(17)10(15)8-19-12/h6,8-9H,4-5,7H2,1-3H3,(H,16,18). The lowest BCUT2D eigenvalue weighted by Gasteiger charge is -2.11. The average molecular weight is 343 g/mol. The molecule has 2 heterocycles. The van der Waals surface area contributed by atoms with Crippen molar-refractivity contribution >= 4 is 43.4 Å². The second kappa shape index (κ2) is 6.09. The van der Waals surface area contributed by atoms with Crippen molar-refractivity contribution in [3.63, 3.8) is 0 Å². The molecule has 0 aliphatic heterocycles. The van der Waals surface area contributed by atoms with Crippen LogP contribution in [0.25, 0.3) is 10.2 Å². The Kier molecular flexibility index (Phi) is 4.68. The van der Waals surface area contributed by atoms with Gasteiger partial charge in [-0.15, -0.1) is 11.3 Å². The van der Waals surface area contributed by atoms with E-state index in [1.807, 2.05) is 6.07 Å². The molecule has 3 nitrogen and oxygen atoms in total. The maximum Gasteiger partial charge on any atom is 0.267 e. The van der Waals surface area contributed by atoms with E-state index < -0.39 is 0 Å². The van der Waals surface area contributed by atoms with Gasteiger partial charge in [0.2, 0.25) is 0 Å². The molecule has 0 aliphatic carbocycles. The minimum absolute atomic E-state index is 0.0254. The van der Waals surface area contributed by atoms with E-state index in [9.17, 15) is 4.79 Å². The minimum atomic E-state index is 0.0254. The number of fused-ring (bicyclic) bond motifs is 1. The fourth-order valence-electron chi connectivity index (χ4n) is 2.06. The third-order valence-corrected chi connectivity index (χ3v) is 4.75. The van der Waals surface area contributed by atoms with E-state index in [1.54, 1.807) is 11.3 Å². The number of halogens is 1. The molecule has 0 unspecified atom stereocenters. The van der Waals surface area contributed by atoms with Crippen LogP contribution in [0.1, 0.15) is 37.7 Å². The largest absolute Gasteiger partial charge is 0.351 e. The quantitative estimate of drug-likeness (QED) is 0.865. The maximum absolute atomic E-state index is 12.3. The van der Waals surface area contributed by atoms with Gasteiger partial charge in [0.1, 0.15) is 5.69 Å². The van der Waals surface area contributed by atoms with Crippen LogP contribution in [0.4, 0.5) is 0 Å². The van der Waals surface area contributed by atoms with Crippen molar-refractivity contribution in [3.8, 4) is 0 Å². The first-order valence-electron chi connectivity index (χ1n) is 6.59. The van der Waals surface area contributed by atoms with Crippen LogP contribution in [0.2, 0.25) is 0 Å². The van der Waals surface area contributed by atoms with Gasteiger partial charge >= 0.3 is 0 Å². The Morgan fingerprint density at radius 1 is 1.53 bits per heavy atom. The van der Waals surface area contributed by atoms with Gasteiger partial charge in [0.05, 0.1) is 14.7 Å². The number of carbonyl (C=O) groups excluding carboxylic acids is 1. The lowest BCUT2D eigenvalue weighted by Crippen LogP contribution is -2.29. The Labute approximate surface area is 126 Å². The molecule has 19 heavy (non-hydrogen) atoms. The van der Waals surface area contributed by atoms with Crippen LogP contribution in [0.5, 0.6) is 0 Å². The van der Waals surface area contributed by atoms with Crippen LogP contribution < -0.4 is 5.32 Å². The molecule has 5 heteroatoms. The molecule has 0 bridgehead atoms. The molecule has 2 rings (SSSR count). The molecule has 2 aromatic heterocycles. The number of hydrogen-bond acceptors (Lipinski definition) is 2. The van der Waals surface area contributed by atoms with E-state index in [1.165, 1.54) is 0 Å². The van der Waals surface area contributed by atoms with Crippen molar-refractivity contribution in [1.29, 1.82) is 0 Å². The van der Waals surface area contributed by atoms with Gasteiger partial charge in [0.25, 0.3) is 5.91 Å². The lowest BCUT2D eigenvalue weighted by molar-refractivity contribution is 0.0940. The third kappa shape index (κ3) is 3.03. The molecule has 1 amide bonds. The van der Waals surface area contributed by atoms with E-state index in [0.717, 1.165) is 33.3 Å². The normalized spacial score (nSPS) is 11.4. The van der Waals surface area contributed by atoms with Gasteiger partial charge in [0, 0.05) is 18.5 Å². The first kappa shape index (κ1) is 14.6. The highest BCUT2D eigenvalue weighted by molar-refractivity contribution is 9.10. The van der Waals surface area contributed by atoms with Gasteiger partial charge in [-0.1, -0.05) is 20.8 Å². The van der Waals surface area contributed by atoms with Crippen LogP contribution in [0.3, 0.4) is 0 Å². The topological polar surface area (TPSA) is 34.0 Å². The summed E-state index contributed by atoms with van der Waals surface area (Å²) in [6.45, 7) is 7.90. The van der Waals surface area contributed by atoms with Crippen LogP contribution in [0, 0.1) is 5.92 Å². The summed E-state index contributed by atoms with van der Waals surface area (Å²) >= 11 is 5.24. The van der Waals surface area contributed by atoms with Gasteiger partial charge in [-0.25, -0.2) is 0 Å². The number of rotatable bonds is 5. The molecule has 1 N–H and O–H groups in total. The highest BCUT2D eigenvalue weighted by atomic mass is 79.9. The maximum atomic E-state index is 12.3. The minimum Gasteiger partial charge on any atom is -0.351 e. The lowest BCUT2D eigenvalue weighted by atomic mass is 10.2. The van der Waals surface area contributed by atoms with Crippen LogP contribution >= 0.6 is 27.3 Å². The summed E-state index contributed by atoms with van der Waals surface area (Å²) in [7, 11) is 0. The molecular formula is C14H19BrN2OS. The first-order chi connectivity index (χ1) is 9.04. The Hall–Kier alpha value is -0.810. The molecule has 0 aromatic carbocycles. The number of aromatic nitrogens is 1. The molecule has 0 spiro atoms. The number of amides is 1. The number of hydrogen-bond donors (Lipinski definition) is 1. The number of thiophene rings is 1. The Balaban J connectivity index is 2.36. The van der Waals surface area contributed by atoms with Crippen molar-refractivity contribution in [2.75, 3.05) is 6.54 Å². The fraction of sp³-hybridized carbons (Fsp3) is 0.500. The summed E-state index contributed by atoms with van der Waals surface area (Å²) in [5.74, 6) is 0.490. The van der Waals surface area contributed by atoms with E-state index in [2.05, 4.69) is 52.0 Å². The summed E-state index contributed by atoms with van der Waals surface area (Å²) in [4.78, 5) is 12.3. The average Bonchev–Trinajstić information content (AvgIpc) is 2.89. The number of carbonyl (C=O) groups is 1. The number of nitrogens with one attached hydrogen (secondary N) is 1. The van der Waals surface area contributed by atoms with E-state index in [-0.39, 0.29) is 5.91 Å². The van der Waals surface area contributed by atoms with Gasteiger partial charge in [-0.05, 0) is 34.3 Å². The van der Waals surface area contributed by atoms with E-state index in [0.29, 0.717) is 12.5 Å². The third-order valence-electron chi connectivity index (χ3n) is 2.93. The number of nitrogens with zero attached hydrogens (tertiary/aromatic N) is 1. The Morgan fingerprint density at radius 3 is 2.89 bits per heavy atom. The summed E-state index contributed by atoms with van der Waals surface area (Å²) in [5, 5.41) is 5.07. The smallest absolute Gasteiger partial charge is 0.267 e. The van der Waals surface area contributed by atoms with Gasteiger partial charge in [-0.3, -0.25) is 4.79 Å². The van der Waals surface area contributed by atoms with Gasteiger partial charge < -0.3 is 9.88 Å². The molecule has 2 aromatic rings. The molecule has 0 atom stereocenters. The molecule has 0 radical (unpaired) electrons. The van der Waals surface area contributed by atoms with Gasteiger partial charge in [-0.2, -0.15) is 0 Å². The zero-order valence-corrected chi connectivity index (χ0v) is 13.9. The predicted octanol–water partition coefficient (Wildman–Crippen LogP) is 4.26. The second-order valence-corrected chi connectivity index (χ2v) is 6.85. The SMILES string of the molecule is CCCn1c(C(=O)NCC(C)C)cc2scc(Br)c21. The van der Waals surface area contributed by atoms with Gasteiger partial charge in [0.15, 0.2) is 0 Å². The zero-order chi connectivity index (χ0) is 14.0. The molecule has 0 saturated heterocycles. The van der Waals surface area contributed by atoms with Crippen molar-refractivity contribution < 1.29 is 4.79 Å². The highest BCUT2D eigenvalue weighted by Crippen LogP contribution is 2.33.